The summed E-state index contributed by atoms with van der Waals surface area (Å²) in [6, 6.07) is 7.46. The van der Waals surface area contributed by atoms with Crippen LogP contribution in [0.3, 0.4) is 0 Å². The molecule has 1 aromatic heterocycles. The van der Waals surface area contributed by atoms with E-state index in [-0.39, 0.29) is 18.1 Å². The van der Waals surface area contributed by atoms with Crippen molar-refractivity contribution in [2.45, 2.75) is 31.8 Å². The van der Waals surface area contributed by atoms with Crippen molar-refractivity contribution in [2.75, 3.05) is 23.4 Å². The number of imidazole rings is 1. The maximum absolute atomic E-state index is 14.2. The first-order chi connectivity index (χ1) is 18.7. The van der Waals surface area contributed by atoms with Crippen LogP contribution < -0.4 is 25.2 Å². The Labute approximate surface area is 226 Å². The van der Waals surface area contributed by atoms with Crippen LogP contribution in [0.2, 0.25) is 0 Å². The van der Waals surface area contributed by atoms with E-state index in [1.54, 1.807) is 18.1 Å². The molecular weight excluding hydrogens is 536 g/mol. The molecule has 0 fully saturated rings. The Morgan fingerprint density at radius 1 is 1.05 bits per heavy atom. The minimum absolute atomic E-state index is 0.0766. The van der Waals surface area contributed by atoms with Crippen molar-refractivity contribution in [1.82, 2.24) is 20.2 Å². The van der Waals surface area contributed by atoms with Gasteiger partial charge in [0, 0.05) is 32.2 Å². The third-order valence-electron chi connectivity index (χ3n) is 6.29. The maximum atomic E-state index is 14.2. The summed E-state index contributed by atoms with van der Waals surface area (Å²) >= 11 is 0. The summed E-state index contributed by atoms with van der Waals surface area (Å²) in [7, 11) is 3.03. The number of benzene rings is 2. The predicted molar refractivity (Wildman–Crippen MR) is 137 cm³/mol. The number of alkyl halides is 3. The Hall–Kier alpha value is -4.62. The van der Waals surface area contributed by atoms with Gasteiger partial charge in [0.05, 0.1) is 17.9 Å². The van der Waals surface area contributed by atoms with Crippen LogP contribution in [-0.2, 0) is 16.6 Å². The van der Waals surface area contributed by atoms with Gasteiger partial charge in [0.1, 0.15) is 23.1 Å². The second-order valence-electron chi connectivity index (χ2n) is 9.65. The number of hydrogen-bond acceptors (Lipinski definition) is 6. The van der Waals surface area contributed by atoms with Gasteiger partial charge < -0.3 is 29.7 Å². The molecule has 0 spiro atoms. The summed E-state index contributed by atoms with van der Waals surface area (Å²) in [5.41, 5.74) is -0.568. The number of rotatable bonds is 6. The predicted octanol–water partition coefficient (Wildman–Crippen LogP) is 3.27. The second kappa shape index (κ2) is 10.5. The highest BCUT2D eigenvalue weighted by Gasteiger charge is 2.38. The number of aromatic nitrogens is 2. The smallest absolute Gasteiger partial charge is 0.406 e. The molecule has 4 rings (SSSR count). The van der Waals surface area contributed by atoms with Gasteiger partial charge in [0.25, 0.3) is 11.8 Å². The van der Waals surface area contributed by atoms with E-state index in [2.05, 4.69) is 20.4 Å². The lowest BCUT2D eigenvalue weighted by Gasteiger charge is -2.30. The maximum Gasteiger partial charge on any atom is 0.573 e. The average molecular weight is 563 g/mol. The van der Waals surface area contributed by atoms with Crippen LogP contribution in [0.4, 0.5) is 34.6 Å². The van der Waals surface area contributed by atoms with Crippen LogP contribution in [0.15, 0.2) is 54.9 Å². The summed E-state index contributed by atoms with van der Waals surface area (Å²) < 4.78 is 57.5. The molecule has 2 N–H and O–H groups in total. The molecule has 0 bridgehead atoms. The molecule has 3 amide bonds. The van der Waals surface area contributed by atoms with Crippen LogP contribution in [0.1, 0.15) is 24.5 Å². The fraction of sp³-hybridized carbons (Fsp3) is 0.308. The van der Waals surface area contributed by atoms with E-state index < -0.39 is 47.2 Å². The number of anilines is 3. The summed E-state index contributed by atoms with van der Waals surface area (Å²) in [4.78, 5) is 46.1. The van der Waals surface area contributed by atoms with Crippen molar-refractivity contribution in [3.63, 3.8) is 0 Å². The van der Waals surface area contributed by atoms with Crippen molar-refractivity contribution < 1.29 is 36.7 Å². The lowest BCUT2D eigenvalue weighted by Crippen LogP contribution is -2.60. The van der Waals surface area contributed by atoms with E-state index in [1.807, 2.05) is 0 Å². The van der Waals surface area contributed by atoms with Crippen molar-refractivity contribution in [3.05, 3.63) is 66.5 Å². The Bertz CT molecular complexity index is 1440. The number of aryl methyl sites for hydroxylation is 1. The quantitative estimate of drug-likeness (QED) is 0.447. The van der Waals surface area contributed by atoms with E-state index in [0.29, 0.717) is 11.4 Å². The van der Waals surface area contributed by atoms with E-state index in [9.17, 15) is 31.9 Å². The molecule has 14 heteroatoms. The molecule has 0 saturated heterocycles. The van der Waals surface area contributed by atoms with Crippen LogP contribution in [0, 0.1) is 5.82 Å². The Morgan fingerprint density at radius 2 is 1.73 bits per heavy atom. The SMILES string of the molecule is CN1C(=O)[C@H](NC(=O)C(C)(C)NC(=O)c2nccn2C)CN(c2ccc(OC(F)(F)F)cc2)c2ccc(F)cc21. The number of halogens is 4. The molecule has 3 aromatic rings. The number of ether oxygens (including phenoxy) is 1. The van der Waals surface area contributed by atoms with E-state index in [4.69, 9.17) is 0 Å². The Balaban J connectivity index is 1.63. The number of nitrogens with zero attached hydrogens (tertiary/aromatic N) is 4. The van der Waals surface area contributed by atoms with Crippen LogP contribution in [0.25, 0.3) is 0 Å². The minimum atomic E-state index is -4.88. The highest BCUT2D eigenvalue weighted by atomic mass is 19.4. The van der Waals surface area contributed by atoms with Gasteiger partial charge >= 0.3 is 6.36 Å². The number of carbonyl (C=O) groups excluding carboxylic acids is 3. The minimum Gasteiger partial charge on any atom is -0.406 e. The third-order valence-corrected chi connectivity index (χ3v) is 6.29. The molecule has 10 nitrogen and oxygen atoms in total. The zero-order valence-electron chi connectivity index (χ0n) is 21.9. The molecule has 212 valence electrons. The highest BCUT2D eigenvalue weighted by Crippen LogP contribution is 2.38. The molecule has 0 unspecified atom stereocenters. The van der Waals surface area contributed by atoms with Gasteiger partial charge in [-0.25, -0.2) is 9.37 Å². The Morgan fingerprint density at radius 3 is 2.33 bits per heavy atom. The van der Waals surface area contributed by atoms with Gasteiger partial charge in [-0.15, -0.1) is 13.2 Å². The molecule has 1 aliphatic heterocycles. The lowest BCUT2D eigenvalue weighted by molar-refractivity contribution is -0.274. The highest BCUT2D eigenvalue weighted by molar-refractivity contribution is 6.05. The first-order valence-corrected chi connectivity index (χ1v) is 12.0. The van der Waals surface area contributed by atoms with E-state index >= 15 is 0 Å². The van der Waals surface area contributed by atoms with E-state index in [0.717, 1.165) is 18.2 Å². The van der Waals surface area contributed by atoms with E-state index in [1.165, 1.54) is 60.8 Å². The average Bonchev–Trinajstić information content (AvgIpc) is 3.27. The molecule has 0 aliphatic carbocycles. The number of carbonyl (C=O) groups is 3. The van der Waals surface area contributed by atoms with Gasteiger partial charge in [-0.3, -0.25) is 14.4 Å². The van der Waals surface area contributed by atoms with Crippen molar-refractivity contribution >= 4 is 34.8 Å². The number of fused-ring (bicyclic) bond motifs is 1. The van der Waals surface area contributed by atoms with Gasteiger partial charge in [-0.05, 0) is 56.3 Å². The monoisotopic (exact) mass is 562 g/mol. The van der Waals surface area contributed by atoms with Gasteiger partial charge in [-0.2, -0.15) is 0 Å². The number of nitrogens with one attached hydrogen (secondary N) is 2. The molecule has 40 heavy (non-hydrogen) atoms. The van der Waals surface area contributed by atoms with Crippen molar-refractivity contribution in [3.8, 4) is 5.75 Å². The zero-order chi connectivity index (χ0) is 29.4. The largest absolute Gasteiger partial charge is 0.573 e. The second-order valence-corrected chi connectivity index (χ2v) is 9.65. The molecule has 1 atom stereocenters. The van der Waals surface area contributed by atoms with Crippen LogP contribution >= 0.6 is 0 Å². The summed E-state index contributed by atoms with van der Waals surface area (Å²) in [5, 5.41) is 5.25. The van der Waals surface area contributed by atoms with Crippen molar-refractivity contribution in [1.29, 1.82) is 0 Å². The van der Waals surface area contributed by atoms with Crippen molar-refractivity contribution in [2.24, 2.45) is 7.05 Å². The third kappa shape index (κ3) is 6.00. The molecule has 2 aromatic carbocycles. The number of hydrogen-bond donors (Lipinski definition) is 2. The molecule has 2 heterocycles. The van der Waals surface area contributed by atoms with Crippen LogP contribution in [0.5, 0.6) is 5.75 Å². The normalized spacial score (nSPS) is 15.8. The fourth-order valence-corrected chi connectivity index (χ4v) is 4.20. The lowest BCUT2D eigenvalue weighted by atomic mass is 10.0. The summed E-state index contributed by atoms with van der Waals surface area (Å²) in [6.07, 6.45) is -1.88. The summed E-state index contributed by atoms with van der Waals surface area (Å²) in [5.74, 6) is -2.87. The first kappa shape index (κ1) is 28.4. The fourth-order valence-electron chi connectivity index (χ4n) is 4.20. The standard InChI is InChI=1S/C26H26F4N6O4/c1-25(2,33-22(37)21-31-11-12-34(21)3)24(39)32-18-14-36(16-6-8-17(9-7-16)40-26(28,29)30)19-10-5-15(27)13-20(19)35(4)23(18)38/h5-13,18H,14H2,1-4H3,(H,32,39)(H,33,37)/t18-/m1/s1. The van der Waals surface area contributed by atoms with Gasteiger partial charge in [-0.1, -0.05) is 0 Å². The van der Waals surface area contributed by atoms with Gasteiger partial charge in [0.15, 0.2) is 5.82 Å². The summed E-state index contributed by atoms with van der Waals surface area (Å²) in [6.45, 7) is 2.75. The van der Waals surface area contributed by atoms with Crippen LogP contribution in [-0.4, -0.2) is 58.8 Å². The number of amides is 3. The molecule has 0 radical (unpaired) electrons. The molecule has 0 saturated carbocycles. The molecule has 1 aliphatic rings. The Kier molecular flexibility index (Phi) is 7.46. The molecular formula is C26H26F4N6O4. The zero-order valence-corrected chi connectivity index (χ0v) is 21.9. The van der Waals surface area contributed by atoms with Gasteiger partial charge in [0.2, 0.25) is 5.91 Å². The number of likely N-dealkylation sites (N-methyl/N-ethyl adjacent to an activating group) is 1. The first-order valence-electron chi connectivity index (χ1n) is 12.0. The topological polar surface area (TPSA) is 109 Å².